The summed E-state index contributed by atoms with van der Waals surface area (Å²) in [6.45, 7) is 7.18. The van der Waals surface area contributed by atoms with Crippen LogP contribution in [0, 0.1) is 0 Å². The molecule has 3 rings (SSSR count). The Morgan fingerprint density at radius 2 is 1.46 bits per heavy atom. The van der Waals surface area contributed by atoms with Crippen LogP contribution in [0.25, 0.3) is 0 Å². The number of carbonyl (C=O) groups is 1. The predicted octanol–water partition coefficient (Wildman–Crippen LogP) is 2.88. The monoisotopic (exact) mass is 340 g/mol. The summed E-state index contributed by atoms with van der Waals surface area (Å²) in [7, 11) is -2.51. The first kappa shape index (κ1) is 16.9. The fourth-order valence-corrected chi connectivity index (χ4v) is 8.03. The number of ether oxygens (including phenoxy) is 1. The normalized spacial score (nSPS) is 18.0. The molecule has 0 spiro atoms. The highest BCUT2D eigenvalue weighted by molar-refractivity contribution is 6.99. The van der Waals surface area contributed by atoms with Gasteiger partial charge in [-0.1, -0.05) is 81.4 Å². The Kier molecular flexibility index (Phi) is 4.61. The van der Waals surface area contributed by atoms with Crippen molar-refractivity contribution in [3.05, 3.63) is 60.7 Å². The molecule has 2 aromatic carbocycles. The number of rotatable bonds is 5. The van der Waals surface area contributed by atoms with E-state index in [1.54, 1.807) is 0 Å². The summed E-state index contributed by atoms with van der Waals surface area (Å²) in [4.78, 5) is 11.1. The Hall–Kier alpha value is -1.91. The molecule has 0 aliphatic carbocycles. The van der Waals surface area contributed by atoms with Crippen molar-refractivity contribution in [3.8, 4) is 0 Å². The van der Waals surface area contributed by atoms with Crippen LogP contribution < -0.4 is 10.4 Å². The van der Waals surface area contributed by atoms with Crippen molar-refractivity contribution >= 4 is 24.7 Å². The third kappa shape index (κ3) is 3.04. The molecule has 24 heavy (non-hydrogen) atoms. The Morgan fingerprint density at radius 3 is 1.83 bits per heavy atom. The van der Waals surface area contributed by atoms with Gasteiger partial charge in [0.2, 0.25) is 0 Å². The van der Waals surface area contributed by atoms with Crippen molar-refractivity contribution in [3.63, 3.8) is 0 Å². The van der Waals surface area contributed by atoms with E-state index in [0.717, 1.165) is 0 Å². The largest absolute Gasteiger partial charge is 0.459 e. The van der Waals surface area contributed by atoms with Gasteiger partial charge in [0, 0.05) is 0 Å². The standard InChI is InChI=1S/C20H24O3Si/c1-20(2,3)24(17-10-6-4-7-11-17,18-12-8-5-9-13-18)22-15-16-14-19(21)23-16/h4-13,16H,14-15H2,1-3H3/t16-/m0/s1. The Morgan fingerprint density at radius 1 is 1.00 bits per heavy atom. The minimum absolute atomic E-state index is 0.0521. The highest BCUT2D eigenvalue weighted by Crippen LogP contribution is 2.37. The molecule has 1 saturated heterocycles. The minimum atomic E-state index is -2.51. The van der Waals surface area contributed by atoms with Gasteiger partial charge in [-0.15, -0.1) is 0 Å². The number of benzene rings is 2. The highest BCUT2D eigenvalue weighted by atomic mass is 28.4. The van der Waals surface area contributed by atoms with Crippen LogP contribution in [0.5, 0.6) is 0 Å². The highest BCUT2D eigenvalue weighted by Gasteiger charge is 2.50. The van der Waals surface area contributed by atoms with E-state index in [9.17, 15) is 4.79 Å². The van der Waals surface area contributed by atoms with Gasteiger partial charge in [0.15, 0.2) is 0 Å². The summed E-state index contributed by atoms with van der Waals surface area (Å²) in [6, 6.07) is 21.0. The second-order valence-corrected chi connectivity index (χ2v) is 11.6. The third-order valence-corrected chi connectivity index (χ3v) is 9.60. The lowest BCUT2D eigenvalue weighted by atomic mass is 10.2. The fourth-order valence-electron chi connectivity index (χ4n) is 3.43. The van der Waals surface area contributed by atoms with E-state index in [4.69, 9.17) is 9.16 Å². The molecule has 1 aliphatic rings. The maximum atomic E-state index is 11.1. The van der Waals surface area contributed by atoms with Crippen LogP contribution in [0.15, 0.2) is 60.7 Å². The zero-order valence-electron chi connectivity index (χ0n) is 14.5. The molecule has 0 N–H and O–H groups in total. The Balaban J connectivity index is 2.05. The molecule has 0 saturated carbocycles. The van der Waals surface area contributed by atoms with Crippen LogP contribution in [-0.2, 0) is 14.0 Å². The molecule has 126 valence electrons. The maximum absolute atomic E-state index is 11.1. The minimum Gasteiger partial charge on any atom is -0.459 e. The van der Waals surface area contributed by atoms with Crippen molar-refractivity contribution in [2.75, 3.05) is 6.61 Å². The lowest BCUT2D eigenvalue weighted by molar-refractivity contribution is -0.172. The average molecular weight is 340 g/mol. The summed E-state index contributed by atoms with van der Waals surface area (Å²) >= 11 is 0. The van der Waals surface area contributed by atoms with Crippen LogP contribution >= 0.6 is 0 Å². The van der Waals surface area contributed by atoms with Gasteiger partial charge in [0.1, 0.15) is 6.10 Å². The van der Waals surface area contributed by atoms with Gasteiger partial charge in [-0.25, -0.2) is 0 Å². The third-order valence-electron chi connectivity index (χ3n) is 4.59. The van der Waals surface area contributed by atoms with Gasteiger partial charge < -0.3 is 9.16 Å². The first-order valence-electron chi connectivity index (χ1n) is 8.38. The summed E-state index contributed by atoms with van der Waals surface area (Å²) in [5, 5.41) is 2.44. The number of esters is 1. The van der Waals surface area contributed by atoms with Crippen LogP contribution in [0.2, 0.25) is 5.04 Å². The summed E-state index contributed by atoms with van der Waals surface area (Å²) < 4.78 is 11.9. The fraction of sp³-hybridized carbons (Fsp3) is 0.350. The van der Waals surface area contributed by atoms with Crippen molar-refractivity contribution in [2.45, 2.75) is 38.3 Å². The van der Waals surface area contributed by atoms with Gasteiger partial charge in [-0.2, -0.15) is 0 Å². The second-order valence-electron chi connectivity index (χ2n) is 7.29. The van der Waals surface area contributed by atoms with Crippen molar-refractivity contribution in [2.24, 2.45) is 0 Å². The Bertz CT molecular complexity index is 644. The van der Waals surface area contributed by atoms with E-state index < -0.39 is 8.32 Å². The molecule has 4 heteroatoms. The molecule has 1 heterocycles. The summed E-state index contributed by atoms with van der Waals surface area (Å²) in [5.41, 5.74) is 0. The van der Waals surface area contributed by atoms with Gasteiger partial charge in [0.05, 0.1) is 13.0 Å². The smallest absolute Gasteiger partial charge is 0.310 e. The molecule has 0 unspecified atom stereocenters. The van der Waals surface area contributed by atoms with E-state index in [1.165, 1.54) is 10.4 Å². The van der Waals surface area contributed by atoms with Gasteiger partial charge in [-0.05, 0) is 15.4 Å². The molecule has 0 bridgehead atoms. The van der Waals surface area contributed by atoms with Crippen LogP contribution in [-0.4, -0.2) is 27.0 Å². The van der Waals surface area contributed by atoms with Gasteiger partial charge >= 0.3 is 5.97 Å². The van der Waals surface area contributed by atoms with E-state index in [-0.39, 0.29) is 17.1 Å². The SMILES string of the molecule is CC(C)(C)[Si](OC[C@@H]1CC(=O)O1)(c1ccccc1)c1ccccc1. The first-order chi connectivity index (χ1) is 11.4. The molecule has 0 radical (unpaired) electrons. The van der Waals surface area contributed by atoms with Crippen molar-refractivity contribution in [1.29, 1.82) is 0 Å². The molecule has 3 nitrogen and oxygen atoms in total. The predicted molar refractivity (Wildman–Crippen MR) is 98.1 cm³/mol. The zero-order valence-corrected chi connectivity index (χ0v) is 15.5. The molecular weight excluding hydrogens is 316 g/mol. The van der Waals surface area contributed by atoms with E-state index in [1.807, 2.05) is 12.1 Å². The summed E-state index contributed by atoms with van der Waals surface area (Å²) in [5.74, 6) is -0.133. The zero-order chi connectivity index (χ0) is 17.2. The van der Waals surface area contributed by atoms with Gasteiger partial charge in [0.25, 0.3) is 8.32 Å². The Labute approximate surface area is 144 Å². The van der Waals surface area contributed by atoms with E-state index in [0.29, 0.717) is 13.0 Å². The first-order valence-corrected chi connectivity index (χ1v) is 10.3. The van der Waals surface area contributed by atoms with Crippen LogP contribution in [0.3, 0.4) is 0 Å². The number of hydrogen-bond acceptors (Lipinski definition) is 3. The van der Waals surface area contributed by atoms with E-state index >= 15 is 0 Å². The number of carbonyl (C=O) groups excluding carboxylic acids is 1. The van der Waals surface area contributed by atoms with Crippen molar-refractivity contribution in [1.82, 2.24) is 0 Å². The topological polar surface area (TPSA) is 35.5 Å². The lowest BCUT2D eigenvalue weighted by Crippen LogP contribution is -2.67. The molecule has 2 aromatic rings. The number of hydrogen-bond donors (Lipinski definition) is 0. The molecule has 1 fully saturated rings. The van der Waals surface area contributed by atoms with Gasteiger partial charge in [-0.3, -0.25) is 4.79 Å². The second kappa shape index (κ2) is 6.53. The van der Waals surface area contributed by atoms with Crippen LogP contribution in [0.1, 0.15) is 27.2 Å². The summed E-state index contributed by atoms with van der Waals surface area (Å²) in [6.07, 6.45) is 0.345. The molecule has 0 aromatic heterocycles. The lowest BCUT2D eigenvalue weighted by Gasteiger charge is -2.44. The average Bonchev–Trinajstić information content (AvgIpc) is 2.54. The molecule has 1 atom stereocenters. The van der Waals surface area contributed by atoms with Crippen molar-refractivity contribution < 1.29 is 14.0 Å². The van der Waals surface area contributed by atoms with E-state index in [2.05, 4.69) is 69.3 Å². The molecular formula is C20H24O3Si. The quantitative estimate of drug-likeness (QED) is 0.620. The number of cyclic esters (lactones) is 1. The van der Waals surface area contributed by atoms with Crippen LogP contribution in [0.4, 0.5) is 0 Å². The molecule has 1 aliphatic heterocycles. The maximum Gasteiger partial charge on any atom is 0.310 e. The molecule has 0 amide bonds.